The fraction of sp³-hybridized carbons (Fsp3) is 0.267. The van der Waals surface area contributed by atoms with Crippen LogP contribution in [0.2, 0.25) is 10.0 Å². The van der Waals surface area contributed by atoms with Crippen molar-refractivity contribution in [2.45, 2.75) is 43.7 Å². The summed E-state index contributed by atoms with van der Waals surface area (Å²) in [6, 6.07) is 10.3. The number of aliphatic hydroxyl groups excluding tert-OH is 2. The predicted molar refractivity (Wildman–Crippen MR) is 180 cm³/mol. The van der Waals surface area contributed by atoms with Crippen LogP contribution in [-0.2, 0) is 31.2 Å². The monoisotopic (exact) mass is 766 g/mol. The van der Waals surface area contributed by atoms with Crippen LogP contribution in [0.5, 0.6) is 11.8 Å². The zero-order valence-corrected chi connectivity index (χ0v) is 32.0. The molecule has 0 saturated heterocycles. The summed E-state index contributed by atoms with van der Waals surface area (Å²) < 4.78 is 16.2. The molecule has 2 heterocycles. The molecule has 2 aromatic heterocycles. The molecule has 19 heteroatoms. The number of carboxylic acids is 1. The summed E-state index contributed by atoms with van der Waals surface area (Å²) in [5.74, 6) is -1.52. The van der Waals surface area contributed by atoms with Gasteiger partial charge in [-0.25, -0.2) is 19.6 Å². The summed E-state index contributed by atoms with van der Waals surface area (Å²) in [5.41, 5.74) is 2.85. The zero-order valence-electron chi connectivity index (χ0n) is 26.8. The summed E-state index contributed by atoms with van der Waals surface area (Å²) in [4.78, 5) is 39.4. The number of esters is 1. The van der Waals surface area contributed by atoms with E-state index in [1.165, 1.54) is 35.9 Å². The first kappa shape index (κ1) is 46.3. The van der Waals surface area contributed by atoms with E-state index in [2.05, 4.69) is 19.9 Å². The van der Waals surface area contributed by atoms with Crippen molar-refractivity contribution in [2.75, 3.05) is 19.1 Å². The maximum atomic E-state index is 12.0. The maximum Gasteiger partial charge on any atom is 1.00 e. The molecule has 0 amide bonds. The Labute approximate surface area is 322 Å². The molecule has 0 fully saturated rings. The van der Waals surface area contributed by atoms with Gasteiger partial charge in [-0.15, -0.1) is 0 Å². The van der Waals surface area contributed by atoms with Gasteiger partial charge in [0.05, 0.1) is 19.8 Å². The maximum absolute atomic E-state index is 12.0. The SMILES string of the molecule is CCOC(=O)c1cnc(SC)nc1OCc1ccc(CO)c(Cl)c1.CSc1ncc(C(=O)O)c(OCc2ccc(CO)c(Cl)c2)n1.O.[Na+].[OH-]. The number of halogens is 2. The number of aromatic nitrogens is 4. The minimum atomic E-state index is -1.16. The third-order valence-electron chi connectivity index (χ3n) is 5.88. The summed E-state index contributed by atoms with van der Waals surface area (Å²) in [7, 11) is 0. The van der Waals surface area contributed by atoms with Crippen molar-refractivity contribution in [3.63, 3.8) is 0 Å². The molecule has 260 valence electrons. The minimum Gasteiger partial charge on any atom is -0.870 e. The Morgan fingerprint density at radius 3 is 1.59 bits per heavy atom. The molecule has 14 nitrogen and oxygen atoms in total. The van der Waals surface area contributed by atoms with Gasteiger partial charge < -0.3 is 40.5 Å². The Kier molecular flexibility index (Phi) is 22.3. The van der Waals surface area contributed by atoms with Crippen LogP contribution in [0.4, 0.5) is 0 Å². The van der Waals surface area contributed by atoms with E-state index < -0.39 is 11.9 Å². The average molecular weight is 768 g/mol. The van der Waals surface area contributed by atoms with Crippen LogP contribution >= 0.6 is 46.7 Å². The number of thioether (sulfide) groups is 2. The van der Waals surface area contributed by atoms with Gasteiger partial charge in [0.1, 0.15) is 24.3 Å². The van der Waals surface area contributed by atoms with E-state index in [0.717, 1.165) is 11.1 Å². The van der Waals surface area contributed by atoms with Gasteiger partial charge in [-0.1, -0.05) is 71.0 Å². The topological polar surface area (TPSA) is 236 Å². The van der Waals surface area contributed by atoms with E-state index in [1.54, 1.807) is 49.6 Å². The standard InChI is InChI=1S/C16H17ClN2O4S.C14H13ClN2O4S.Na.2H2O/c1-3-22-15(21)12-7-18-16(24-2)19-14(12)23-9-10-4-5-11(8-20)13(17)6-10;1-22-14-16-5-10(13(19)20)12(17-14)21-7-8-2-3-9(6-18)11(15)4-8;;;/h4-7,20H,3,8-9H2,1-2H3;2-5,18H,6-7H2,1H3,(H,19,20);;2*1H2/q;;+1;;/p-1. The Morgan fingerprint density at radius 1 is 0.796 bits per heavy atom. The Hall–Kier alpha value is -2.74. The number of nitrogens with zero attached hydrogens (tertiary/aromatic N) is 4. The van der Waals surface area contributed by atoms with E-state index in [1.807, 2.05) is 6.26 Å². The van der Waals surface area contributed by atoms with Gasteiger partial charge in [-0.2, -0.15) is 9.97 Å². The second kappa shape index (κ2) is 23.6. The second-order valence-electron chi connectivity index (χ2n) is 8.92. The zero-order chi connectivity index (χ0) is 33.6. The van der Waals surface area contributed by atoms with Crippen LogP contribution in [0.25, 0.3) is 0 Å². The molecule has 0 atom stereocenters. The van der Waals surface area contributed by atoms with E-state index >= 15 is 0 Å². The molecule has 0 aliphatic carbocycles. The molecule has 2 aromatic carbocycles. The van der Waals surface area contributed by atoms with E-state index in [-0.39, 0.29) is 96.4 Å². The predicted octanol–water partition coefficient (Wildman–Crippen LogP) is 1.72. The molecule has 0 bridgehead atoms. The third kappa shape index (κ3) is 13.8. The number of aromatic carboxylic acids is 1. The molecule has 0 radical (unpaired) electrons. The summed E-state index contributed by atoms with van der Waals surface area (Å²) >= 11 is 14.7. The molecule has 4 rings (SSSR count). The van der Waals surface area contributed by atoms with Gasteiger partial charge in [0, 0.05) is 22.4 Å². The fourth-order valence-corrected chi connectivity index (χ4v) is 4.73. The van der Waals surface area contributed by atoms with Gasteiger partial charge in [-0.3, -0.25) is 0 Å². The van der Waals surface area contributed by atoms with Crippen molar-refractivity contribution in [2.24, 2.45) is 0 Å². The van der Waals surface area contributed by atoms with Crippen molar-refractivity contribution < 1.29 is 79.6 Å². The smallest absolute Gasteiger partial charge is 0.870 e. The summed E-state index contributed by atoms with van der Waals surface area (Å²) in [6.07, 6.45) is 6.23. The molecule has 0 unspecified atom stereocenters. The van der Waals surface area contributed by atoms with Crippen LogP contribution in [0, 0.1) is 0 Å². The van der Waals surface area contributed by atoms with Crippen LogP contribution in [-0.4, -0.2) is 77.3 Å². The first-order chi connectivity index (χ1) is 22.1. The summed E-state index contributed by atoms with van der Waals surface area (Å²) in [6.45, 7) is 1.97. The van der Waals surface area contributed by atoms with Crippen LogP contribution < -0.4 is 39.0 Å². The third-order valence-corrected chi connectivity index (χ3v) is 7.71. The molecular weight excluding hydrogens is 734 g/mol. The Morgan fingerprint density at radius 2 is 1.22 bits per heavy atom. The van der Waals surface area contributed by atoms with E-state index in [0.29, 0.717) is 31.5 Å². The van der Waals surface area contributed by atoms with Crippen LogP contribution in [0.15, 0.2) is 59.1 Å². The quantitative estimate of drug-likeness (QED) is 0.0760. The van der Waals surface area contributed by atoms with Crippen molar-refractivity contribution in [1.82, 2.24) is 19.9 Å². The number of carbonyl (C=O) groups excluding carboxylic acids is 1. The number of hydrogen-bond acceptors (Lipinski definition) is 14. The summed E-state index contributed by atoms with van der Waals surface area (Å²) in [5, 5.41) is 29.1. The number of benzene rings is 2. The Bertz CT molecular complexity index is 1680. The van der Waals surface area contributed by atoms with Crippen LogP contribution in [0.1, 0.15) is 49.9 Å². The number of rotatable bonds is 13. The normalized spacial score (nSPS) is 9.86. The fourth-order valence-electron chi connectivity index (χ4n) is 3.54. The van der Waals surface area contributed by atoms with E-state index in [9.17, 15) is 9.59 Å². The second-order valence-corrected chi connectivity index (χ2v) is 11.3. The average Bonchev–Trinajstić information content (AvgIpc) is 3.06. The first-order valence-corrected chi connectivity index (χ1v) is 16.6. The molecule has 0 spiro atoms. The number of ether oxygens (including phenoxy) is 3. The largest absolute Gasteiger partial charge is 1.00 e. The molecular formula is C30H33Cl2N4NaO10S2. The van der Waals surface area contributed by atoms with Gasteiger partial charge in [0.25, 0.3) is 0 Å². The number of hydrogen-bond donors (Lipinski definition) is 3. The van der Waals surface area contributed by atoms with Gasteiger partial charge in [0.2, 0.25) is 11.8 Å². The number of carboxylic acid groups (broad SMARTS) is 1. The molecule has 0 aliphatic rings. The van der Waals surface area contributed by atoms with Gasteiger partial charge in [0.15, 0.2) is 10.3 Å². The number of aliphatic hydroxyl groups is 2. The van der Waals surface area contributed by atoms with E-state index in [4.69, 9.17) is 52.7 Å². The van der Waals surface area contributed by atoms with Gasteiger partial charge in [-0.05, 0) is 53.8 Å². The minimum absolute atomic E-state index is 0. The molecule has 49 heavy (non-hydrogen) atoms. The molecule has 0 aliphatic heterocycles. The van der Waals surface area contributed by atoms with Crippen LogP contribution in [0.3, 0.4) is 0 Å². The first-order valence-electron chi connectivity index (χ1n) is 13.4. The van der Waals surface area contributed by atoms with Crippen molar-refractivity contribution in [3.8, 4) is 11.8 Å². The number of carbonyl (C=O) groups is 2. The Balaban J connectivity index is 0.000000889. The molecule has 4 aromatic rings. The van der Waals surface area contributed by atoms with Crippen molar-refractivity contribution >= 4 is 58.7 Å². The van der Waals surface area contributed by atoms with Crippen molar-refractivity contribution in [3.05, 3.63) is 92.2 Å². The molecule has 0 saturated carbocycles. The molecule has 6 N–H and O–H groups in total. The van der Waals surface area contributed by atoms with Crippen molar-refractivity contribution in [1.29, 1.82) is 0 Å². The van der Waals surface area contributed by atoms with Gasteiger partial charge >= 0.3 is 41.5 Å².